The van der Waals surface area contributed by atoms with Crippen LogP contribution in [-0.2, 0) is 9.53 Å². The normalized spacial score (nSPS) is 14.9. The zero-order valence-corrected chi connectivity index (χ0v) is 13.2. The van der Waals surface area contributed by atoms with Crippen molar-refractivity contribution in [3.63, 3.8) is 0 Å². The molecule has 0 unspecified atom stereocenters. The summed E-state index contributed by atoms with van der Waals surface area (Å²) in [5.41, 5.74) is 0. The van der Waals surface area contributed by atoms with Gasteiger partial charge in [0.2, 0.25) is 5.91 Å². The molecule has 0 atom stereocenters. The van der Waals surface area contributed by atoms with Crippen LogP contribution in [0.4, 0.5) is 11.6 Å². The van der Waals surface area contributed by atoms with Crippen LogP contribution in [-0.4, -0.2) is 66.9 Å². The number of morpholine rings is 1. The topological polar surface area (TPSA) is 79.4 Å². The summed E-state index contributed by atoms with van der Waals surface area (Å²) < 4.78 is 5.24. The molecule has 8 heteroatoms. The highest BCUT2D eigenvalue weighted by atomic mass is 32.2. The van der Waals surface area contributed by atoms with E-state index in [2.05, 4.69) is 20.6 Å². The van der Waals surface area contributed by atoms with E-state index in [-0.39, 0.29) is 5.91 Å². The molecule has 1 saturated heterocycles. The van der Waals surface area contributed by atoms with Gasteiger partial charge in [0.1, 0.15) is 11.6 Å². The highest BCUT2D eigenvalue weighted by Crippen LogP contribution is 2.16. The van der Waals surface area contributed by atoms with Gasteiger partial charge in [0.05, 0.1) is 13.2 Å². The van der Waals surface area contributed by atoms with E-state index in [9.17, 15) is 4.79 Å². The average Bonchev–Trinajstić information content (AvgIpc) is 2.55. The average molecular weight is 311 g/mol. The molecule has 1 aromatic heterocycles. The molecule has 0 saturated carbocycles. The number of amides is 1. The van der Waals surface area contributed by atoms with Crippen molar-refractivity contribution in [3.8, 4) is 0 Å². The van der Waals surface area contributed by atoms with Crippen molar-refractivity contribution in [1.29, 1.82) is 0 Å². The van der Waals surface area contributed by atoms with E-state index in [0.717, 1.165) is 11.6 Å². The van der Waals surface area contributed by atoms with Gasteiger partial charge in [-0.1, -0.05) is 11.8 Å². The number of nitrogens with one attached hydrogen (secondary N) is 2. The lowest BCUT2D eigenvalue weighted by Gasteiger charge is -2.26. The van der Waals surface area contributed by atoms with Crippen LogP contribution in [0.3, 0.4) is 0 Å². The lowest BCUT2D eigenvalue weighted by Crippen LogP contribution is -2.41. The summed E-state index contributed by atoms with van der Waals surface area (Å²) in [5, 5.41) is 6.88. The van der Waals surface area contributed by atoms with E-state index in [1.807, 2.05) is 24.3 Å². The molecule has 0 bridgehead atoms. The second-order valence-corrected chi connectivity index (χ2v) is 5.32. The SMILES string of the molecule is CNc1cc(NCCC(=O)N2CCOCC2)nc(SC)n1. The number of anilines is 2. The molecule has 2 heterocycles. The van der Waals surface area contributed by atoms with Crippen LogP contribution in [0.25, 0.3) is 0 Å². The lowest BCUT2D eigenvalue weighted by molar-refractivity contribution is -0.134. The fraction of sp³-hybridized carbons (Fsp3) is 0.615. The largest absolute Gasteiger partial charge is 0.378 e. The summed E-state index contributed by atoms with van der Waals surface area (Å²) in [4.78, 5) is 22.5. The summed E-state index contributed by atoms with van der Waals surface area (Å²) in [6.07, 6.45) is 2.38. The number of aromatic nitrogens is 2. The molecule has 116 valence electrons. The van der Waals surface area contributed by atoms with E-state index >= 15 is 0 Å². The van der Waals surface area contributed by atoms with Crippen LogP contribution in [0.1, 0.15) is 6.42 Å². The monoisotopic (exact) mass is 311 g/mol. The van der Waals surface area contributed by atoms with E-state index in [4.69, 9.17) is 4.74 Å². The fourth-order valence-corrected chi connectivity index (χ4v) is 2.38. The Balaban J connectivity index is 1.83. The Hall–Kier alpha value is -1.54. The van der Waals surface area contributed by atoms with Crippen molar-refractivity contribution in [3.05, 3.63) is 6.07 Å². The zero-order chi connectivity index (χ0) is 15.1. The highest BCUT2D eigenvalue weighted by Gasteiger charge is 2.16. The molecule has 0 spiro atoms. The van der Waals surface area contributed by atoms with Gasteiger partial charge in [-0.2, -0.15) is 0 Å². The van der Waals surface area contributed by atoms with Crippen molar-refractivity contribution in [2.45, 2.75) is 11.6 Å². The molecular formula is C13H21N5O2S. The first-order valence-electron chi connectivity index (χ1n) is 6.93. The van der Waals surface area contributed by atoms with Gasteiger partial charge in [-0.05, 0) is 6.26 Å². The number of thioether (sulfide) groups is 1. The Labute approximate surface area is 128 Å². The number of hydrogen-bond acceptors (Lipinski definition) is 7. The minimum Gasteiger partial charge on any atom is -0.378 e. The second kappa shape index (κ2) is 8.04. The molecule has 2 N–H and O–H groups in total. The van der Waals surface area contributed by atoms with E-state index < -0.39 is 0 Å². The van der Waals surface area contributed by atoms with Crippen LogP contribution in [0, 0.1) is 0 Å². The van der Waals surface area contributed by atoms with Gasteiger partial charge < -0.3 is 20.3 Å². The van der Waals surface area contributed by atoms with E-state index in [1.54, 1.807) is 0 Å². The first-order chi connectivity index (χ1) is 10.2. The Bertz CT molecular complexity index is 457. The highest BCUT2D eigenvalue weighted by molar-refractivity contribution is 7.98. The molecule has 0 aromatic carbocycles. The third kappa shape index (κ3) is 4.75. The number of hydrogen-bond donors (Lipinski definition) is 2. The Morgan fingerprint density at radius 1 is 1.38 bits per heavy atom. The van der Waals surface area contributed by atoms with Crippen molar-refractivity contribution in [2.75, 3.05) is 56.8 Å². The van der Waals surface area contributed by atoms with E-state index in [1.165, 1.54) is 11.8 Å². The molecule has 1 amide bonds. The maximum atomic E-state index is 12.0. The third-order valence-electron chi connectivity index (χ3n) is 3.15. The molecule has 2 rings (SSSR count). The maximum Gasteiger partial charge on any atom is 0.224 e. The van der Waals surface area contributed by atoms with E-state index in [0.29, 0.717) is 44.4 Å². The quantitative estimate of drug-likeness (QED) is 0.597. The molecule has 21 heavy (non-hydrogen) atoms. The Kier molecular flexibility index (Phi) is 6.06. The summed E-state index contributed by atoms with van der Waals surface area (Å²) in [7, 11) is 1.82. The molecular weight excluding hydrogens is 290 g/mol. The first kappa shape index (κ1) is 15.8. The predicted molar refractivity (Wildman–Crippen MR) is 83.9 cm³/mol. The van der Waals surface area contributed by atoms with Crippen molar-refractivity contribution >= 4 is 29.3 Å². The molecule has 1 aromatic rings. The smallest absolute Gasteiger partial charge is 0.224 e. The molecule has 1 aliphatic rings. The standard InChI is InChI=1S/C13H21N5O2S/c1-14-10-9-11(17-13(16-10)21-2)15-4-3-12(19)18-5-7-20-8-6-18/h9H,3-8H2,1-2H3,(H2,14,15,16,17). The zero-order valence-electron chi connectivity index (χ0n) is 12.4. The van der Waals surface area contributed by atoms with Crippen LogP contribution in [0.2, 0.25) is 0 Å². The predicted octanol–water partition coefficient (Wildman–Crippen LogP) is 0.901. The van der Waals surface area contributed by atoms with Crippen molar-refractivity contribution in [2.24, 2.45) is 0 Å². The number of rotatable bonds is 6. The van der Waals surface area contributed by atoms with Gasteiger partial charge in [0, 0.05) is 39.2 Å². The second-order valence-electron chi connectivity index (χ2n) is 4.55. The maximum absolute atomic E-state index is 12.0. The van der Waals surface area contributed by atoms with Gasteiger partial charge >= 0.3 is 0 Å². The Morgan fingerprint density at radius 2 is 2.10 bits per heavy atom. The summed E-state index contributed by atoms with van der Waals surface area (Å²) in [5.74, 6) is 1.64. The fourth-order valence-electron chi connectivity index (χ4n) is 2.00. The molecule has 1 fully saturated rings. The summed E-state index contributed by atoms with van der Waals surface area (Å²) in [6, 6.07) is 1.83. The van der Waals surface area contributed by atoms with Gasteiger partial charge in [-0.15, -0.1) is 0 Å². The van der Waals surface area contributed by atoms with Gasteiger partial charge in [0.15, 0.2) is 5.16 Å². The van der Waals surface area contributed by atoms with Gasteiger partial charge in [0.25, 0.3) is 0 Å². The van der Waals surface area contributed by atoms with Crippen LogP contribution in [0.15, 0.2) is 11.2 Å². The van der Waals surface area contributed by atoms with Gasteiger partial charge in [-0.25, -0.2) is 9.97 Å². The number of carbonyl (C=O) groups is 1. The van der Waals surface area contributed by atoms with Crippen LogP contribution >= 0.6 is 11.8 Å². The first-order valence-corrected chi connectivity index (χ1v) is 8.15. The Morgan fingerprint density at radius 3 is 2.76 bits per heavy atom. The number of nitrogens with zero attached hydrogens (tertiary/aromatic N) is 3. The third-order valence-corrected chi connectivity index (χ3v) is 3.70. The molecule has 0 aliphatic carbocycles. The number of ether oxygens (including phenoxy) is 1. The van der Waals surface area contributed by atoms with Crippen LogP contribution < -0.4 is 10.6 Å². The van der Waals surface area contributed by atoms with Crippen molar-refractivity contribution in [1.82, 2.24) is 14.9 Å². The van der Waals surface area contributed by atoms with Gasteiger partial charge in [-0.3, -0.25) is 4.79 Å². The molecule has 0 radical (unpaired) electrons. The van der Waals surface area contributed by atoms with Crippen LogP contribution in [0.5, 0.6) is 0 Å². The van der Waals surface area contributed by atoms with Crippen molar-refractivity contribution < 1.29 is 9.53 Å². The minimum atomic E-state index is 0.152. The minimum absolute atomic E-state index is 0.152. The summed E-state index contributed by atoms with van der Waals surface area (Å²) >= 11 is 1.48. The molecule has 1 aliphatic heterocycles. The summed E-state index contributed by atoms with van der Waals surface area (Å²) in [6.45, 7) is 3.20. The molecule has 7 nitrogen and oxygen atoms in total. The number of carbonyl (C=O) groups excluding carboxylic acids is 1. The lowest BCUT2D eigenvalue weighted by atomic mass is 10.3.